The Labute approximate surface area is 208 Å². The summed E-state index contributed by atoms with van der Waals surface area (Å²) < 4.78 is 5.34. The molecule has 2 atom stereocenters. The molecule has 2 heterocycles. The van der Waals surface area contributed by atoms with Gasteiger partial charge in [0.2, 0.25) is 0 Å². The number of phenolic OH excluding ortho intramolecular Hbond substituents is 1. The molecule has 7 heteroatoms. The number of nitrogens with one attached hydrogen (secondary N) is 2. The number of carbonyl (C=O) groups is 2. The lowest BCUT2D eigenvalue weighted by Gasteiger charge is -2.36. The molecular formula is C28H26N2O4S. The Morgan fingerprint density at radius 3 is 2.63 bits per heavy atom. The summed E-state index contributed by atoms with van der Waals surface area (Å²) in [5, 5.41) is 18.6. The van der Waals surface area contributed by atoms with E-state index in [1.165, 1.54) is 12.0 Å². The summed E-state index contributed by atoms with van der Waals surface area (Å²) in [5.74, 6) is -0.436. The smallest absolute Gasteiger partial charge is 0.254 e. The number of Topliss-reactive ketones (excluding diaryl/α,β-unsaturated/α-hetero) is 1. The number of phenols is 1. The molecule has 178 valence electrons. The van der Waals surface area contributed by atoms with Crippen LogP contribution in [0.1, 0.15) is 42.0 Å². The van der Waals surface area contributed by atoms with Gasteiger partial charge in [-0.3, -0.25) is 9.59 Å². The number of allylic oxidation sites excluding steroid dienone is 3. The lowest BCUT2D eigenvalue weighted by Crippen LogP contribution is -2.37. The lowest BCUT2D eigenvalue weighted by atomic mass is 9.72. The van der Waals surface area contributed by atoms with E-state index >= 15 is 0 Å². The third-order valence-corrected chi connectivity index (χ3v) is 7.62. The van der Waals surface area contributed by atoms with E-state index in [1.807, 2.05) is 48.7 Å². The van der Waals surface area contributed by atoms with Crippen molar-refractivity contribution >= 4 is 28.7 Å². The molecule has 6 nitrogen and oxygen atoms in total. The Balaban J connectivity index is 1.60. The van der Waals surface area contributed by atoms with Gasteiger partial charge in [0.05, 0.1) is 7.11 Å². The Bertz CT molecular complexity index is 1340. The number of amides is 1. The Morgan fingerprint density at radius 1 is 1.11 bits per heavy atom. The molecule has 0 saturated carbocycles. The van der Waals surface area contributed by atoms with E-state index in [-0.39, 0.29) is 23.4 Å². The first-order chi connectivity index (χ1) is 17.0. The van der Waals surface area contributed by atoms with Crippen LogP contribution in [0, 0.1) is 0 Å². The van der Waals surface area contributed by atoms with Crippen LogP contribution < -0.4 is 15.4 Å². The number of anilines is 1. The molecule has 2 aromatic carbocycles. The number of carbonyl (C=O) groups excluding carboxylic acids is 2. The molecule has 0 unspecified atom stereocenters. The standard InChI is InChI=1S/C28H26N2O4S/c1-16-25(28(33)30-19-7-4-3-5-8-19)26(17-10-11-21(31)23(15-17)34-2)27-20(29-16)13-18(14-22(27)32)24-9-6-12-35-24/h3-12,15,18,26,29,31H,13-14H2,1-2H3,(H,30,33)/t18-,26-/m1/s1. The van der Waals surface area contributed by atoms with Gasteiger partial charge in [-0.2, -0.15) is 0 Å². The fourth-order valence-electron chi connectivity index (χ4n) is 4.99. The van der Waals surface area contributed by atoms with Gasteiger partial charge in [0.15, 0.2) is 17.3 Å². The number of para-hydroxylation sites is 1. The van der Waals surface area contributed by atoms with Crippen LogP contribution >= 0.6 is 11.3 Å². The number of ether oxygens (including phenoxy) is 1. The highest BCUT2D eigenvalue weighted by molar-refractivity contribution is 7.10. The summed E-state index contributed by atoms with van der Waals surface area (Å²) in [5.41, 5.74) is 4.03. The third kappa shape index (κ3) is 4.35. The van der Waals surface area contributed by atoms with Crippen LogP contribution in [0.3, 0.4) is 0 Å². The minimum Gasteiger partial charge on any atom is -0.504 e. The first-order valence-corrected chi connectivity index (χ1v) is 12.3. The quantitative estimate of drug-likeness (QED) is 0.446. The average Bonchev–Trinajstić information content (AvgIpc) is 3.39. The monoisotopic (exact) mass is 486 g/mol. The number of thiophene rings is 1. The molecule has 1 aromatic heterocycles. The Hall–Kier alpha value is -3.84. The van der Waals surface area contributed by atoms with Crippen LogP contribution in [0.25, 0.3) is 0 Å². The molecule has 0 fully saturated rings. The first kappa shape index (κ1) is 22.9. The van der Waals surface area contributed by atoms with Crippen molar-refractivity contribution in [1.82, 2.24) is 5.32 Å². The molecule has 0 bridgehead atoms. The Kier molecular flexibility index (Phi) is 6.17. The second-order valence-electron chi connectivity index (χ2n) is 8.78. The highest BCUT2D eigenvalue weighted by Gasteiger charge is 2.41. The summed E-state index contributed by atoms with van der Waals surface area (Å²) in [7, 11) is 1.48. The number of rotatable bonds is 5. The molecule has 3 aromatic rings. The second-order valence-corrected chi connectivity index (χ2v) is 9.76. The van der Waals surface area contributed by atoms with Gasteiger partial charge in [0, 0.05) is 51.4 Å². The van der Waals surface area contributed by atoms with Crippen LogP contribution in [0.15, 0.2) is 88.6 Å². The summed E-state index contributed by atoms with van der Waals surface area (Å²) in [6.07, 6.45) is 1.08. The SMILES string of the molecule is COc1cc([C@@H]2C(C(=O)Nc3ccccc3)=C(C)NC3=C2C(=O)C[C@H](c2cccs2)C3)ccc1O. The van der Waals surface area contributed by atoms with Gasteiger partial charge in [-0.1, -0.05) is 30.3 Å². The molecule has 3 N–H and O–H groups in total. The molecule has 0 radical (unpaired) electrons. The molecular weight excluding hydrogens is 460 g/mol. The topological polar surface area (TPSA) is 87.7 Å². The normalized spacial score (nSPS) is 19.8. The number of aromatic hydroxyl groups is 1. The van der Waals surface area contributed by atoms with E-state index < -0.39 is 5.92 Å². The highest BCUT2D eigenvalue weighted by Crippen LogP contribution is 2.47. The van der Waals surface area contributed by atoms with Crippen molar-refractivity contribution in [3.05, 3.63) is 99.0 Å². The minimum atomic E-state index is -0.582. The molecule has 0 spiro atoms. The van der Waals surface area contributed by atoms with E-state index in [1.54, 1.807) is 29.5 Å². The van der Waals surface area contributed by atoms with E-state index in [0.29, 0.717) is 46.7 Å². The summed E-state index contributed by atoms with van der Waals surface area (Å²) >= 11 is 1.66. The van der Waals surface area contributed by atoms with Crippen LogP contribution in [0.2, 0.25) is 0 Å². The lowest BCUT2D eigenvalue weighted by molar-refractivity contribution is -0.116. The third-order valence-electron chi connectivity index (χ3n) is 6.59. The van der Waals surface area contributed by atoms with Crippen molar-refractivity contribution in [1.29, 1.82) is 0 Å². The van der Waals surface area contributed by atoms with Gasteiger partial charge in [0.1, 0.15) is 0 Å². The average molecular weight is 487 g/mol. The van der Waals surface area contributed by atoms with Gasteiger partial charge in [-0.15, -0.1) is 11.3 Å². The summed E-state index contributed by atoms with van der Waals surface area (Å²) in [4.78, 5) is 28.4. The van der Waals surface area contributed by atoms with Crippen LogP contribution in [-0.2, 0) is 9.59 Å². The largest absolute Gasteiger partial charge is 0.504 e. The maximum Gasteiger partial charge on any atom is 0.254 e. The van der Waals surface area contributed by atoms with Crippen molar-refractivity contribution in [2.24, 2.45) is 0 Å². The molecule has 5 rings (SSSR count). The predicted molar refractivity (Wildman–Crippen MR) is 137 cm³/mol. The maximum absolute atomic E-state index is 13.6. The van der Waals surface area contributed by atoms with Gasteiger partial charge < -0.3 is 20.5 Å². The number of benzene rings is 2. The van der Waals surface area contributed by atoms with E-state index in [2.05, 4.69) is 16.7 Å². The fourth-order valence-corrected chi connectivity index (χ4v) is 5.82. The fraction of sp³-hybridized carbons (Fsp3) is 0.214. The van der Waals surface area contributed by atoms with E-state index in [4.69, 9.17) is 4.74 Å². The number of ketones is 1. The van der Waals surface area contributed by atoms with Gasteiger partial charge in [-0.05, 0) is 54.6 Å². The second kappa shape index (κ2) is 9.43. The zero-order valence-corrected chi connectivity index (χ0v) is 20.3. The Morgan fingerprint density at radius 2 is 1.91 bits per heavy atom. The predicted octanol–water partition coefficient (Wildman–Crippen LogP) is 5.46. The van der Waals surface area contributed by atoms with Crippen molar-refractivity contribution in [2.75, 3.05) is 12.4 Å². The number of hydrogen-bond donors (Lipinski definition) is 3. The first-order valence-electron chi connectivity index (χ1n) is 11.5. The zero-order chi connectivity index (χ0) is 24.5. The van der Waals surface area contributed by atoms with Crippen LogP contribution in [0.4, 0.5) is 5.69 Å². The van der Waals surface area contributed by atoms with Crippen LogP contribution in [0.5, 0.6) is 11.5 Å². The van der Waals surface area contributed by atoms with Crippen LogP contribution in [-0.4, -0.2) is 23.9 Å². The van der Waals surface area contributed by atoms with E-state index in [0.717, 1.165) is 5.70 Å². The highest BCUT2D eigenvalue weighted by atomic mass is 32.1. The number of methoxy groups -OCH3 is 1. The van der Waals surface area contributed by atoms with Gasteiger partial charge in [-0.25, -0.2) is 0 Å². The van der Waals surface area contributed by atoms with Crippen molar-refractivity contribution in [3.63, 3.8) is 0 Å². The molecule has 2 aliphatic rings. The number of hydrogen-bond acceptors (Lipinski definition) is 6. The summed E-state index contributed by atoms with van der Waals surface area (Å²) in [6, 6.07) is 18.3. The van der Waals surface area contributed by atoms with Gasteiger partial charge in [0.25, 0.3) is 5.91 Å². The minimum absolute atomic E-state index is 0.00288. The van der Waals surface area contributed by atoms with Crippen molar-refractivity contribution in [3.8, 4) is 11.5 Å². The number of dihydropyridines is 1. The summed E-state index contributed by atoms with van der Waals surface area (Å²) in [6.45, 7) is 1.87. The van der Waals surface area contributed by atoms with Gasteiger partial charge >= 0.3 is 0 Å². The maximum atomic E-state index is 13.6. The van der Waals surface area contributed by atoms with E-state index in [9.17, 15) is 14.7 Å². The molecule has 1 amide bonds. The molecule has 0 saturated heterocycles. The van der Waals surface area contributed by atoms with Crippen molar-refractivity contribution in [2.45, 2.75) is 31.6 Å². The zero-order valence-electron chi connectivity index (χ0n) is 19.5. The molecule has 1 aliphatic heterocycles. The van der Waals surface area contributed by atoms with Crippen molar-refractivity contribution < 1.29 is 19.4 Å². The molecule has 35 heavy (non-hydrogen) atoms. The molecule has 1 aliphatic carbocycles.